The van der Waals surface area contributed by atoms with Gasteiger partial charge in [-0.25, -0.2) is 9.60 Å². The van der Waals surface area contributed by atoms with Gasteiger partial charge in [-0.2, -0.15) is 5.23 Å². The molecule has 0 aliphatic carbocycles. The summed E-state index contributed by atoms with van der Waals surface area (Å²) in [5, 5.41) is 19.3. The summed E-state index contributed by atoms with van der Waals surface area (Å²) >= 11 is 6.02. The minimum absolute atomic E-state index is 0.0226. The second kappa shape index (κ2) is 7.85. The molecule has 0 aliphatic heterocycles. The summed E-state index contributed by atoms with van der Waals surface area (Å²) in [4.78, 5) is 0. The third kappa shape index (κ3) is 3.86. The predicted molar refractivity (Wildman–Crippen MR) is 98.4 cm³/mol. The summed E-state index contributed by atoms with van der Waals surface area (Å²) < 4.78 is 37.7. The van der Waals surface area contributed by atoms with Gasteiger partial charge in [0, 0.05) is 26.3 Å². The summed E-state index contributed by atoms with van der Waals surface area (Å²) in [6, 6.07) is 14.6. The van der Waals surface area contributed by atoms with Gasteiger partial charge >= 0.3 is 0 Å². The van der Waals surface area contributed by atoms with E-state index in [0.29, 0.717) is 10.6 Å². The standard InChI is InChI=1S/C20H17ClFNO3/c1-26-18-10-7-15(11-13-5-8-17(9-6-13)23(24)25)20(22)19(18)14-3-2-4-16(21)12-14/h2-10,12,23-24H,11H2,1H3/i11D2. The number of hydrogen-bond donors (Lipinski definition) is 2. The van der Waals surface area contributed by atoms with Crippen LogP contribution in [0.25, 0.3) is 11.1 Å². The molecule has 0 bridgehead atoms. The van der Waals surface area contributed by atoms with Crippen molar-refractivity contribution in [3.05, 3.63) is 87.8 Å². The minimum atomic E-state index is -2.19. The van der Waals surface area contributed by atoms with Crippen LogP contribution in [0.2, 0.25) is 5.02 Å². The summed E-state index contributed by atoms with van der Waals surface area (Å²) in [5.41, 5.74) is 0.536. The lowest BCUT2D eigenvalue weighted by Crippen LogP contribution is -2.99. The maximum Gasteiger partial charge on any atom is 0.163 e. The van der Waals surface area contributed by atoms with E-state index in [1.165, 1.54) is 43.5 Å². The van der Waals surface area contributed by atoms with Crippen LogP contribution in [-0.4, -0.2) is 12.3 Å². The first-order chi connectivity index (χ1) is 13.3. The Kier molecular flexibility index (Phi) is 4.76. The molecule has 0 saturated heterocycles. The van der Waals surface area contributed by atoms with Crippen LogP contribution in [0.1, 0.15) is 13.9 Å². The van der Waals surface area contributed by atoms with Crippen molar-refractivity contribution in [1.29, 1.82) is 0 Å². The molecule has 3 aromatic rings. The Morgan fingerprint density at radius 2 is 1.92 bits per heavy atom. The normalized spacial score (nSPS) is 13.7. The van der Waals surface area contributed by atoms with E-state index >= 15 is 4.39 Å². The van der Waals surface area contributed by atoms with E-state index in [0.717, 1.165) is 0 Å². The Morgan fingerprint density at radius 1 is 1.19 bits per heavy atom. The van der Waals surface area contributed by atoms with Crippen molar-refractivity contribution in [2.24, 2.45) is 0 Å². The zero-order chi connectivity index (χ0) is 20.5. The molecular weight excluding hydrogens is 357 g/mol. The number of rotatable bonds is 5. The fourth-order valence-corrected chi connectivity index (χ4v) is 2.78. The molecule has 0 aromatic heterocycles. The molecule has 0 heterocycles. The highest BCUT2D eigenvalue weighted by molar-refractivity contribution is 6.30. The van der Waals surface area contributed by atoms with Gasteiger partial charge < -0.3 is 9.94 Å². The zero-order valence-electron chi connectivity index (χ0n) is 15.8. The van der Waals surface area contributed by atoms with Gasteiger partial charge in [0.25, 0.3) is 0 Å². The van der Waals surface area contributed by atoms with E-state index in [9.17, 15) is 5.21 Å². The quantitative estimate of drug-likeness (QED) is 0.659. The molecule has 1 unspecified atom stereocenters. The molecule has 3 rings (SSSR count). The van der Waals surface area contributed by atoms with Crippen molar-refractivity contribution in [3.63, 3.8) is 0 Å². The highest BCUT2D eigenvalue weighted by Gasteiger charge is 2.17. The summed E-state index contributed by atoms with van der Waals surface area (Å²) in [6.45, 7) is 0. The van der Waals surface area contributed by atoms with E-state index in [2.05, 4.69) is 0 Å². The lowest BCUT2D eigenvalue weighted by atomic mass is 9.97. The van der Waals surface area contributed by atoms with Gasteiger partial charge in [-0.3, -0.25) is 0 Å². The zero-order valence-corrected chi connectivity index (χ0v) is 14.5. The van der Waals surface area contributed by atoms with Crippen molar-refractivity contribution in [3.8, 4) is 16.9 Å². The number of benzene rings is 3. The topological polar surface area (TPSA) is 57.0 Å². The summed E-state index contributed by atoms with van der Waals surface area (Å²) in [5.74, 6) is -0.519. The Balaban J connectivity index is 2.15. The molecule has 0 radical (unpaired) electrons. The highest BCUT2D eigenvalue weighted by atomic mass is 35.5. The minimum Gasteiger partial charge on any atom is -0.595 e. The number of methoxy groups -OCH3 is 1. The van der Waals surface area contributed by atoms with E-state index in [-0.39, 0.29) is 28.1 Å². The Morgan fingerprint density at radius 3 is 2.54 bits per heavy atom. The molecule has 134 valence electrons. The van der Waals surface area contributed by atoms with Crippen LogP contribution < -0.4 is 9.96 Å². The van der Waals surface area contributed by atoms with Gasteiger partial charge in [-0.15, -0.1) is 0 Å². The van der Waals surface area contributed by atoms with Crippen LogP contribution in [0, 0.1) is 11.0 Å². The van der Waals surface area contributed by atoms with Gasteiger partial charge in [-0.05, 0) is 34.9 Å². The van der Waals surface area contributed by atoms with Crippen LogP contribution in [0.5, 0.6) is 5.75 Å². The van der Waals surface area contributed by atoms with Crippen molar-refractivity contribution < 1.29 is 22.3 Å². The van der Waals surface area contributed by atoms with Crippen LogP contribution in [0.3, 0.4) is 0 Å². The third-order valence-electron chi connectivity index (χ3n) is 3.85. The molecule has 0 fully saturated rings. The lowest BCUT2D eigenvalue weighted by Gasteiger charge is -2.14. The lowest BCUT2D eigenvalue weighted by molar-refractivity contribution is -0.991. The smallest absolute Gasteiger partial charge is 0.163 e. The fraction of sp³-hybridized carbons (Fsp3) is 0.100. The molecule has 3 aromatic carbocycles. The van der Waals surface area contributed by atoms with E-state index in [4.69, 9.17) is 24.3 Å². The molecule has 1 atom stereocenters. The Hall–Kier alpha value is -2.44. The second-order valence-corrected chi connectivity index (χ2v) is 5.96. The average molecular weight is 376 g/mol. The first-order valence-corrected chi connectivity index (χ1v) is 8.10. The van der Waals surface area contributed by atoms with E-state index in [1.54, 1.807) is 24.3 Å². The largest absolute Gasteiger partial charge is 0.595 e. The predicted octanol–water partition coefficient (Wildman–Crippen LogP) is 4.15. The molecule has 0 saturated carbocycles. The van der Waals surface area contributed by atoms with Crippen LogP contribution in [-0.2, 0) is 6.37 Å². The SMILES string of the molecule is [2H]C([2H])(c1ccc([NH+]([O-])O)cc1)c1ccc(OC)c(-c2cccc(Cl)c2)c1F. The third-order valence-corrected chi connectivity index (χ3v) is 4.08. The molecule has 2 N–H and O–H groups in total. The Bertz CT molecular complexity index is 997. The monoisotopic (exact) mass is 375 g/mol. The van der Waals surface area contributed by atoms with Crippen molar-refractivity contribution >= 4 is 17.3 Å². The van der Waals surface area contributed by atoms with Crippen LogP contribution >= 0.6 is 11.6 Å². The highest BCUT2D eigenvalue weighted by Crippen LogP contribution is 2.36. The van der Waals surface area contributed by atoms with Crippen LogP contribution in [0.4, 0.5) is 10.1 Å². The summed E-state index contributed by atoms with van der Waals surface area (Å²) in [6.07, 6.45) is -2.19. The van der Waals surface area contributed by atoms with Crippen molar-refractivity contribution in [2.75, 3.05) is 7.11 Å². The number of ether oxygens (including phenoxy) is 1. The fourth-order valence-electron chi connectivity index (χ4n) is 2.59. The molecule has 0 aliphatic rings. The number of nitrogens with one attached hydrogen (secondary N) is 1. The first kappa shape index (κ1) is 15.8. The summed E-state index contributed by atoms with van der Waals surface area (Å²) in [7, 11) is 1.40. The van der Waals surface area contributed by atoms with E-state index in [1.807, 2.05) is 0 Å². The van der Waals surface area contributed by atoms with Gasteiger partial charge in [-0.1, -0.05) is 41.9 Å². The molecule has 6 heteroatoms. The first-order valence-electron chi connectivity index (χ1n) is 8.72. The van der Waals surface area contributed by atoms with Crippen molar-refractivity contribution in [2.45, 2.75) is 6.37 Å². The molecule has 26 heavy (non-hydrogen) atoms. The Labute approximate surface area is 158 Å². The molecule has 0 amide bonds. The number of hydrogen-bond acceptors (Lipinski definition) is 3. The van der Waals surface area contributed by atoms with Crippen LogP contribution in [0.15, 0.2) is 60.7 Å². The van der Waals surface area contributed by atoms with E-state index < -0.39 is 17.4 Å². The molecule has 0 spiro atoms. The maximum atomic E-state index is 15.5. The molecular formula is C20H17ClFNO3. The number of quaternary nitrogens is 1. The van der Waals surface area contributed by atoms with Gasteiger partial charge in [0.2, 0.25) is 0 Å². The molecule has 4 nitrogen and oxygen atoms in total. The second-order valence-electron chi connectivity index (χ2n) is 5.52. The van der Waals surface area contributed by atoms with Crippen molar-refractivity contribution in [1.82, 2.24) is 0 Å². The van der Waals surface area contributed by atoms with Gasteiger partial charge in [0.05, 0.1) is 12.7 Å². The maximum absolute atomic E-state index is 15.5. The van der Waals surface area contributed by atoms with Gasteiger partial charge in [0.15, 0.2) is 5.69 Å². The average Bonchev–Trinajstić information content (AvgIpc) is 2.67. The number of halogens is 2. The van der Waals surface area contributed by atoms with Gasteiger partial charge in [0.1, 0.15) is 11.6 Å².